The first-order chi connectivity index (χ1) is 21.1. The summed E-state index contributed by atoms with van der Waals surface area (Å²) in [4.78, 5) is 51.8. The third-order valence-corrected chi connectivity index (χ3v) is 10.7. The fraction of sp³-hybridized carbons (Fsp3) is 0.686. The molecule has 1 aromatic carbocycles. The van der Waals surface area contributed by atoms with Gasteiger partial charge in [-0.2, -0.15) is 0 Å². The van der Waals surface area contributed by atoms with E-state index >= 15 is 0 Å². The van der Waals surface area contributed by atoms with Gasteiger partial charge in [0.05, 0.1) is 43.1 Å². The molecule has 2 aliphatic heterocycles. The number of ether oxygens (including phenoxy) is 3. The normalized spacial score (nSPS) is 32.9. The van der Waals surface area contributed by atoms with Crippen LogP contribution in [0.25, 0.3) is 11.0 Å². The molecule has 9 nitrogen and oxygen atoms in total. The molecule has 2 bridgehead atoms. The maximum atomic E-state index is 14.3. The molecule has 6 rings (SSSR count). The molecular weight excluding hydrogens is 558 g/mol. The number of carbonyl (C=O) groups is 3. The van der Waals surface area contributed by atoms with E-state index in [0.717, 1.165) is 56.0 Å². The van der Waals surface area contributed by atoms with E-state index in [2.05, 4.69) is 0 Å². The lowest BCUT2D eigenvalue weighted by Crippen LogP contribution is -2.46. The summed E-state index contributed by atoms with van der Waals surface area (Å²) in [5.74, 6) is 1.53. The van der Waals surface area contributed by atoms with Gasteiger partial charge in [-0.1, -0.05) is 40.5 Å². The minimum absolute atomic E-state index is 0.00735. The van der Waals surface area contributed by atoms with Crippen molar-refractivity contribution in [2.45, 2.75) is 104 Å². The number of aryl methyl sites for hydroxylation is 1. The Bertz CT molecular complexity index is 1400. The molecule has 9 heteroatoms. The molecule has 0 unspecified atom stereocenters. The Morgan fingerprint density at radius 1 is 1.02 bits per heavy atom. The fourth-order valence-corrected chi connectivity index (χ4v) is 8.07. The second-order valence-electron chi connectivity index (χ2n) is 14.5. The van der Waals surface area contributed by atoms with Crippen LogP contribution >= 0.6 is 0 Å². The minimum Gasteiger partial charge on any atom is -0.497 e. The second kappa shape index (κ2) is 12.3. The predicted molar refractivity (Wildman–Crippen MR) is 165 cm³/mol. The predicted octanol–water partition coefficient (Wildman–Crippen LogP) is 5.56. The smallest absolute Gasteiger partial charge is 0.306 e. The topological polar surface area (TPSA) is 108 Å². The average molecular weight is 606 g/mol. The Kier molecular flexibility index (Phi) is 8.59. The number of aromatic nitrogens is 2. The molecule has 3 heterocycles. The number of nitrogens with zero attached hydrogens (tertiary/aromatic N) is 3. The first kappa shape index (κ1) is 30.8. The van der Waals surface area contributed by atoms with Gasteiger partial charge in [-0.15, -0.1) is 0 Å². The van der Waals surface area contributed by atoms with Crippen molar-refractivity contribution in [3.05, 3.63) is 23.9 Å². The first-order valence-corrected chi connectivity index (χ1v) is 16.6. The summed E-state index contributed by atoms with van der Waals surface area (Å²) < 4.78 is 18.2. The molecule has 1 aromatic heterocycles. The van der Waals surface area contributed by atoms with Gasteiger partial charge >= 0.3 is 5.97 Å². The van der Waals surface area contributed by atoms with Gasteiger partial charge in [0, 0.05) is 12.0 Å². The molecule has 2 aliphatic carbocycles. The summed E-state index contributed by atoms with van der Waals surface area (Å²) in [5.41, 5.74) is 1.75. The van der Waals surface area contributed by atoms with Crippen LogP contribution in [-0.4, -0.2) is 64.9 Å². The van der Waals surface area contributed by atoms with Gasteiger partial charge < -0.3 is 23.9 Å². The summed E-state index contributed by atoms with van der Waals surface area (Å²) in [7, 11) is 1.62. The van der Waals surface area contributed by atoms with Crippen molar-refractivity contribution >= 4 is 29.2 Å². The molecule has 4 aliphatic rings. The van der Waals surface area contributed by atoms with Crippen molar-refractivity contribution < 1.29 is 28.6 Å². The molecule has 44 heavy (non-hydrogen) atoms. The van der Waals surface area contributed by atoms with Crippen molar-refractivity contribution in [1.82, 2.24) is 14.9 Å². The number of aldehydes is 1. The highest BCUT2D eigenvalue weighted by Crippen LogP contribution is 2.58. The number of amides is 1. The second-order valence-corrected chi connectivity index (χ2v) is 14.5. The molecular formula is C35H47N3O6. The van der Waals surface area contributed by atoms with Gasteiger partial charge in [0.15, 0.2) is 0 Å². The summed E-state index contributed by atoms with van der Waals surface area (Å²) >= 11 is 0. The molecule has 0 spiro atoms. The number of hydrogen-bond acceptors (Lipinski definition) is 8. The van der Waals surface area contributed by atoms with Crippen LogP contribution in [0.2, 0.25) is 0 Å². The van der Waals surface area contributed by atoms with Crippen LogP contribution in [0, 0.1) is 35.0 Å². The van der Waals surface area contributed by atoms with Crippen LogP contribution in [0.4, 0.5) is 0 Å². The number of benzene rings is 1. The number of fused-ring (bicyclic) bond motifs is 7. The number of carbonyl (C=O) groups excluding carboxylic acids is 3. The van der Waals surface area contributed by atoms with Gasteiger partial charge in [-0.3, -0.25) is 9.59 Å². The van der Waals surface area contributed by atoms with E-state index in [1.54, 1.807) is 12.0 Å². The van der Waals surface area contributed by atoms with Crippen LogP contribution < -0.4 is 9.47 Å². The van der Waals surface area contributed by atoms with Gasteiger partial charge in [0.1, 0.15) is 29.9 Å². The molecule has 3 fully saturated rings. The number of hydrogen-bond donors (Lipinski definition) is 0. The average Bonchev–Trinajstić information content (AvgIpc) is 3.54. The SMILES string of the molecule is CC[C@@H]1[C@@H]2CN(C(=O)[C@H](C(C)(C)C)CC(=O)O[C@@H]3C[C@@H]4C[C@@H]4[C@H]3CCCCCc3nc4ccc(OC)cc4nc3O2)[C@@H]1C=O. The summed E-state index contributed by atoms with van der Waals surface area (Å²) in [6.45, 7) is 8.19. The Morgan fingerprint density at radius 3 is 2.57 bits per heavy atom. The Morgan fingerprint density at radius 2 is 1.84 bits per heavy atom. The summed E-state index contributed by atoms with van der Waals surface area (Å²) in [5, 5.41) is 0. The zero-order chi connectivity index (χ0) is 31.2. The van der Waals surface area contributed by atoms with E-state index < -0.39 is 23.5 Å². The van der Waals surface area contributed by atoms with E-state index in [4.69, 9.17) is 24.2 Å². The van der Waals surface area contributed by atoms with E-state index in [1.165, 1.54) is 6.42 Å². The van der Waals surface area contributed by atoms with Crippen molar-refractivity contribution in [2.75, 3.05) is 13.7 Å². The van der Waals surface area contributed by atoms with Crippen LogP contribution in [0.3, 0.4) is 0 Å². The third kappa shape index (κ3) is 6.03. The standard InChI is InChI=1S/C35H47N3O6/c1-6-22-29(19-39)38-18-31(22)44-33-27(36-26-13-12-21(42-5)16-28(26)37-33)11-9-7-8-10-23-24-14-20(24)15-30(23)43-32(40)17-25(34(38)41)35(2,3)4/h12-13,16,19-20,22-25,29-31H,6-11,14-15,17-18H2,1-5H3/t20-,22-,23+,24-,25+,29+,30+,31-/m0/s1. The van der Waals surface area contributed by atoms with Gasteiger partial charge in [-0.25, -0.2) is 9.97 Å². The number of rotatable bonds is 3. The highest BCUT2D eigenvalue weighted by atomic mass is 16.5. The fourth-order valence-electron chi connectivity index (χ4n) is 8.07. The quantitative estimate of drug-likeness (QED) is 0.331. The van der Waals surface area contributed by atoms with E-state index in [1.807, 2.05) is 45.9 Å². The first-order valence-electron chi connectivity index (χ1n) is 16.6. The monoisotopic (exact) mass is 605 g/mol. The molecule has 2 aromatic rings. The summed E-state index contributed by atoms with van der Waals surface area (Å²) in [6.07, 6.45) is 8.00. The van der Waals surface area contributed by atoms with E-state index in [0.29, 0.717) is 41.3 Å². The highest BCUT2D eigenvalue weighted by Gasteiger charge is 2.54. The molecule has 0 N–H and O–H groups in total. The lowest BCUT2D eigenvalue weighted by molar-refractivity contribution is -0.158. The third-order valence-electron chi connectivity index (χ3n) is 10.7. The van der Waals surface area contributed by atoms with Crippen LogP contribution in [0.1, 0.15) is 84.8 Å². The highest BCUT2D eigenvalue weighted by molar-refractivity contribution is 5.87. The molecule has 8 atom stereocenters. The van der Waals surface area contributed by atoms with Crippen LogP contribution in [-0.2, 0) is 25.5 Å². The molecule has 1 saturated heterocycles. The number of methoxy groups -OCH3 is 1. The summed E-state index contributed by atoms with van der Waals surface area (Å²) in [6, 6.07) is 5.00. The minimum atomic E-state index is -0.649. The van der Waals surface area contributed by atoms with Crippen LogP contribution in [0.5, 0.6) is 11.6 Å². The maximum absolute atomic E-state index is 14.3. The lowest BCUT2D eigenvalue weighted by atomic mass is 9.77. The molecule has 2 saturated carbocycles. The Labute approximate surface area is 260 Å². The van der Waals surface area contributed by atoms with Crippen molar-refractivity contribution in [1.29, 1.82) is 0 Å². The lowest BCUT2D eigenvalue weighted by Gasteiger charge is -2.34. The zero-order valence-electron chi connectivity index (χ0n) is 26.8. The van der Waals surface area contributed by atoms with Crippen LogP contribution in [0.15, 0.2) is 18.2 Å². The van der Waals surface area contributed by atoms with Crippen molar-refractivity contribution in [2.24, 2.45) is 35.0 Å². The van der Waals surface area contributed by atoms with Crippen molar-refractivity contribution in [3.63, 3.8) is 0 Å². The Hall–Kier alpha value is -3.23. The number of esters is 1. The zero-order valence-corrected chi connectivity index (χ0v) is 26.8. The largest absolute Gasteiger partial charge is 0.497 e. The van der Waals surface area contributed by atoms with Gasteiger partial charge in [-0.05, 0) is 73.8 Å². The van der Waals surface area contributed by atoms with Crippen molar-refractivity contribution in [3.8, 4) is 11.6 Å². The van der Waals surface area contributed by atoms with Gasteiger partial charge in [0.2, 0.25) is 11.8 Å². The molecule has 1 amide bonds. The molecule has 238 valence electrons. The van der Waals surface area contributed by atoms with Gasteiger partial charge in [0.25, 0.3) is 0 Å². The van der Waals surface area contributed by atoms with E-state index in [-0.39, 0.29) is 36.9 Å². The maximum Gasteiger partial charge on any atom is 0.306 e. The van der Waals surface area contributed by atoms with E-state index in [9.17, 15) is 14.4 Å². The Balaban J connectivity index is 1.36. The molecule has 0 radical (unpaired) electrons.